The van der Waals surface area contributed by atoms with Crippen LogP contribution in [0, 0.1) is 12.8 Å². The van der Waals surface area contributed by atoms with Crippen LogP contribution in [0.2, 0.25) is 5.15 Å². The van der Waals surface area contributed by atoms with E-state index in [-0.39, 0.29) is 0 Å². The fourth-order valence-electron chi connectivity index (χ4n) is 1.47. The molecule has 0 bridgehead atoms. The SMILES string of the molecule is CCCc1nc(Cl)c(C)c(OCC2CC2)n1. The predicted octanol–water partition coefficient (Wildman–Crippen LogP) is 3.18. The molecule has 0 aliphatic heterocycles. The van der Waals surface area contributed by atoms with Gasteiger partial charge in [-0.25, -0.2) is 4.98 Å². The van der Waals surface area contributed by atoms with Crippen molar-refractivity contribution in [2.75, 3.05) is 6.61 Å². The Hall–Kier alpha value is -0.830. The molecular formula is C12H17ClN2O. The highest BCUT2D eigenvalue weighted by Crippen LogP contribution is 2.30. The van der Waals surface area contributed by atoms with E-state index in [1.54, 1.807) is 0 Å². The maximum atomic E-state index is 6.05. The summed E-state index contributed by atoms with van der Waals surface area (Å²) in [6, 6.07) is 0. The van der Waals surface area contributed by atoms with Gasteiger partial charge in [-0.1, -0.05) is 18.5 Å². The minimum Gasteiger partial charge on any atom is -0.477 e. The van der Waals surface area contributed by atoms with Gasteiger partial charge in [-0.2, -0.15) is 4.98 Å². The Morgan fingerprint density at radius 2 is 2.12 bits per heavy atom. The molecule has 16 heavy (non-hydrogen) atoms. The Morgan fingerprint density at radius 3 is 2.75 bits per heavy atom. The molecule has 0 amide bonds. The lowest BCUT2D eigenvalue weighted by Gasteiger charge is -2.09. The van der Waals surface area contributed by atoms with Crippen molar-refractivity contribution >= 4 is 11.6 Å². The Morgan fingerprint density at radius 1 is 1.38 bits per heavy atom. The lowest BCUT2D eigenvalue weighted by atomic mass is 10.3. The summed E-state index contributed by atoms with van der Waals surface area (Å²) in [6.45, 7) is 4.77. The molecule has 4 heteroatoms. The van der Waals surface area contributed by atoms with Crippen molar-refractivity contribution in [2.24, 2.45) is 5.92 Å². The standard InChI is InChI=1S/C12H17ClN2O/c1-3-4-10-14-11(13)8(2)12(15-10)16-7-9-5-6-9/h9H,3-7H2,1-2H3. The summed E-state index contributed by atoms with van der Waals surface area (Å²) in [5, 5.41) is 0.518. The van der Waals surface area contributed by atoms with E-state index in [4.69, 9.17) is 16.3 Å². The summed E-state index contributed by atoms with van der Waals surface area (Å²) < 4.78 is 5.69. The number of rotatable bonds is 5. The first kappa shape index (κ1) is 11.6. The molecule has 0 saturated heterocycles. The van der Waals surface area contributed by atoms with Gasteiger partial charge in [-0.3, -0.25) is 0 Å². The normalized spacial score (nSPS) is 15.2. The number of hydrogen-bond donors (Lipinski definition) is 0. The van der Waals surface area contributed by atoms with Crippen LogP contribution in [0.3, 0.4) is 0 Å². The minimum absolute atomic E-state index is 0.518. The quantitative estimate of drug-likeness (QED) is 0.742. The molecule has 1 saturated carbocycles. The minimum atomic E-state index is 0.518. The number of halogens is 1. The lowest BCUT2D eigenvalue weighted by molar-refractivity contribution is 0.284. The van der Waals surface area contributed by atoms with E-state index >= 15 is 0 Å². The molecule has 1 heterocycles. The number of nitrogens with zero attached hydrogens (tertiary/aromatic N) is 2. The summed E-state index contributed by atoms with van der Waals surface area (Å²) >= 11 is 6.05. The van der Waals surface area contributed by atoms with Crippen LogP contribution in [0.1, 0.15) is 37.6 Å². The summed E-state index contributed by atoms with van der Waals surface area (Å²) in [5.74, 6) is 2.17. The second-order valence-electron chi connectivity index (χ2n) is 4.37. The number of aromatic nitrogens is 2. The number of aryl methyl sites for hydroxylation is 1. The average molecular weight is 241 g/mol. The summed E-state index contributed by atoms with van der Waals surface area (Å²) in [5.41, 5.74) is 0.849. The van der Waals surface area contributed by atoms with E-state index in [1.807, 2.05) is 6.92 Å². The van der Waals surface area contributed by atoms with Crippen molar-refractivity contribution in [3.63, 3.8) is 0 Å². The van der Waals surface area contributed by atoms with Gasteiger partial charge in [0.1, 0.15) is 11.0 Å². The molecule has 1 fully saturated rings. The van der Waals surface area contributed by atoms with Gasteiger partial charge in [-0.15, -0.1) is 0 Å². The van der Waals surface area contributed by atoms with Crippen LogP contribution in [-0.2, 0) is 6.42 Å². The largest absolute Gasteiger partial charge is 0.477 e. The first-order chi connectivity index (χ1) is 7.70. The van der Waals surface area contributed by atoms with E-state index in [0.29, 0.717) is 11.0 Å². The summed E-state index contributed by atoms with van der Waals surface area (Å²) in [6.07, 6.45) is 4.42. The molecule has 3 nitrogen and oxygen atoms in total. The topological polar surface area (TPSA) is 35.0 Å². The van der Waals surface area contributed by atoms with Gasteiger partial charge in [-0.05, 0) is 32.1 Å². The third-order valence-corrected chi connectivity index (χ3v) is 3.08. The third-order valence-electron chi connectivity index (χ3n) is 2.71. The monoisotopic (exact) mass is 240 g/mol. The molecule has 0 unspecified atom stereocenters. The maximum absolute atomic E-state index is 6.05. The Kier molecular flexibility index (Phi) is 3.64. The highest BCUT2D eigenvalue weighted by molar-refractivity contribution is 6.30. The second-order valence-corrected chi connectivity index (χ2v) is 4.72. The first-order valence-electron chi connectivity index (χ1n) is 5.86. The van der Waals surface area contributed by atoms with Gasteiger partial charge in [0, 0.05) is 12.0 Å². The zero-order valence-electron chi connectivity index (χ0n) is 9.79. The molecule has 1 aromatic rings. The lowest BCUT2D eigenvalue weighted by Crippen LogP contribution is -2.06. The summed E-state index contributed by atoms with van der Waals surface area (Å²) in [7, 11) is 0. The van der Waals surface area contributed by atoms with Crippen LogP contribution >= 0.6 is 11.6 Å². The predicted molar refractivity (Wildman–Crippen MR) is 64.0 cm³/mol. The first-order valence-corrected chi connectivity index (χ1v) is 6.24. The van der Waals surface area contributed by atoms with Gasteiger partial charge in [0.25, 0.3) is 0 Å². The van der Waals surface area contributed by atoms with Crippen LogP contribution in [0.5, 0.6) is 5.88 Å². The second kappa shape index (κ2) is 5.00. The zero-order chi connectivity index (χ0) is 11.5. The third kappa shape index (κ3) is 2.85. The Labute approximate surface area is 101 Å². The van der Waals surface area contributed by atoms with Crippen LogP contribution < -0.4 is 4.74 Å². The van der Waals surface area contributed by atoms with Gasteiger partial charge >= 0.3 is 0 Å². The Bertz CT molecular complexity index is 378. The van der Waals surface area contributed by atoms with E-state index in [0.717, 1.165) is 36.8 Å². The molecule has 1 aliphatic carbocycles. The van der Waals surface area contributed by atoms with Gasteiger partial charge < -0.3 is 4.74 Å². The summed E-state index contributed by atoms with van der Waals surface area (Å²) in [4.78, 5) is 8.64. The molecule has 0 N–H and O–H groups in total. The van der Waals surface area contributed by atoms with Gasteiger partial charge in [0.05, 0.1) is 6.61 Å². The number of ether oxygens (including phenoxy) is 1. The van der Waals surface area contributed by atoms with Crippen LogP contribution in [0.25, 0.3) is 0 Å². The molecule has 88 valence electrons. The zero-order valence-corrected chi connectivity index (χ0v) is 10.5. The molecule has 0 radical (unpaired) electrons. The Balaban J connectivity index is 2.12. The molecule has 0 spiro atoms. The van der Waals surface area contributed by atoms with E-state index < -0.39 is 0 Å². The fraction of sp³-hybridized carbons (Fsp3) is 0.667. The molecule has 1 aromatic heterocycles. The van der Waals surface area contributed by atoms with Gasteiger partial charge in [0.2, 0.25) is 5.88 Å². The average Bonchev–Trinajstić information content (AvgIpc) is 3.05. The van der Waals surface area contributed by atoms with Crippen LogP contribution in [-0.4, -0.2) is 16.6 Å². The van der Waals surface area contributed by atoms with Crippen molar-refractivity contribution in [3.05, 3.63) is 16.5 Å². The van der Waals surface area contributed by atoms with E-state index in [9.17, 15) is 0 Å². The highest BCUT2D eigenvalue weighted by Gasteiger charge is 2.23. The van der Waals surface area contributed by atoms with Crippen molar-refractivity contribution in [1.29, 1.82) is 0 Å². The van der Waals surface area contributed by atoms with Crippen LogP contribution in [0.4, 0.5) is 0 Å². The molecular weight excluding hydrogens is 224 g/mol. The van der Waals surface area contributed by atoms with E-state index in [2.05, 4.69) is 16.9 Å². The van der Waals surface area contributed by atoms with Gasteiger partial charge in [0.15, 0.2) is 0 Å². The van der Waals surface area contributed by atoms with Crippen molar-refractivity contribution in [1.82, 2.24) is 9.97 Å². The highest BCUT2D eigenvalue weighted by atomic mass is 35.5. The van der Waals surface area contributed by atoms with Crippen molar-refractivity contribution in [3.8, 4) is 5.88 Å². The molecule has 0 atom stereocenters. The number of hydrogen-bond acceptors (Lipinski definition) is 3. The smallest absolute Gasteiger partial charge is 0.221 e. The molecule has 1 aliphatic rings. The fourth-order valence-corrected chi connectivity index (χ4v) is 1.65. The van der Waals surface area contributed by atoms with Crippen LogP contribution in [0.15, 0.2) is 0 Å². The van der Waals surface area contributed by atoms with Crippen molar-refractivity contribution in [2.45, 2.75) is 39.5 Å². The maximum Gasteiger partial charge on any atom is 0.221 e. The molecule has 2 rings (SSSR count). The van der Waals surface area contributed by atoms with Crippen molar-refractivity contribution < 1.29 is 4.74 Å². The van der Waals surface area contributed by atoms with E-state index in [1.165, 1.54) is 12.8 Å². The molecule has 0 aromatic carbocycles.